The number of ether oxygens (including phenoxy) is 2. The van der Waals surface area contributed by atoms with Crippen LogP contribution in [0.2, 0.25) is 0 Å². The molecule has 1 unspecified atom stereocenters. The highest BCUT2D eigenvalue weighted by Gasteiger charge is 2.36. The fourth-order valence-electron chi connectivity index (χ4n) is 3.63. The highest BCUT2D eigenvalue weighted by molar-refractivity contribution is 7.99. The second-order valence-electron chi connectivity index (χ2n) is 7.35. The van der Waals surface area contributed by atoms with Gasteiger partial charge in [0.25, 0.3) is 0 Å². The van der Waals surface area contributed by atoms with Crippen LogP contribution < -0.4 is 19.7 Å². The number of rotatable bonds is 5. The highest BCUT2D eigenvalue weighted by atomic mass is 32.2. The molecule has 8 nitrogen and oxygen atoms in total. The number of imidazole rings is 1. The molecule has 1 aromatic heterocycles. The molecule has 31 heavy (non-hydrogen) atoms. The lowest BCUT2D eigenvalue weighted by Crippen LogP contribution is -2.28. The maximum absolute atomic E-state index is 13.0. The maximum Gasteiger partial charge on any atom is 0.231 e. The number of nitrogens with zero attached hydrogens (tertiary/aromatic N) is 3. The van der Waals surface area contributed by atoms with Crippen LogP contribution in [0.3, 0.4) is 0 Å². The first-order chi connectivity index (χ1) is 15.1. The zero-order chi connectivity index (χ0) is 21.4. The van der Waals surface area contributed by atoms with E-state index in [0.29, 0.717) is 29.4 Å². The average Bonchev–Trinajstić information content (AvgIpc) is 3.49. The van der Waals surface area contributed by atoms with E-state index in [1.165, 1.54) is 11.8 Å². The van der Waals surface area contributed by atoms with Gasteiger partial charge in [0.1, 0.15) is 0 Å². The van der Waals surface area contributed by atoms with E-state index in [-0.39, 0.29) is 25.0 Å². The van der Waals surface area contributed by atoms with Crippen molar-refractivity contribution in [2.24, 2.45) is 13.0 Å². The van der Waals surface area contributed by atoms with Crippen LogP contribution in [0.15, 0.2) is 64.9 Å². The molecule has 3 aromatic rings. The summed E-state index contributed by atoms with van der Waals surface area (Å²) in [5, 5.41) is 3.82. The Bertz CT molecular complexity index is 1160. The minimum absolute atomic E-state index is 0.0883. The van der Waals surface area contributed by atoms with E-state index < -0.39 is 5.92 Å². The number of fused-ring (bicyclic) bond motifs is 1. The Morgan fingerprint density at radius 3 is 2.87 bits per heavy atom. The standard InChI is InChI=1S/C22H20N4O4S/c1-25-9-8-23-22(25)31-19-5-3-2-4-16(19)24-21(28)14-10-20(27)26(12-14)15-6-7-17-18(11-15)30-13-29-17/h2-9,11,14H,10,12-13H2,1H3,(H,24,28). The van der Waals surface area contributed by atoms with Gasteiger partial charge in [-0.15, -0.1) is 0 Å². The van der Waals surface area contributed by atoms with Crippen LogP contribution in [0.25, 0.3) is 0 Å². The van der Waals surface area contributed by atoms with Gasteiger partial charge in [-0.1, -0.05) is 12.1 Å². The molecule has 1 atom stereocenters. The van der Waals surface area contributed by atoms with Gasteiger partial charge in [0.15, 0.2) is 16.7 Å². The molecule has 2 aliphatic rings. The van der Waals surface area contributed by atoms with E-state index in [1.807, 2.05) is 48.1 Å². The van der Waals surface area contributed by atoms with Gasteiger partial charge >= 0.3 is 0 Å². The molecule has 9 heteroatoms. The van der Waals surface area contributed by atoms with Gasteiger partial charge in [-0.05, 0) is 36.0 Å². The first kappa shape index (κ1) is 19.5. The molecule has 2 amide bonds. The second-order valence-corrected chi connectivity index (χ2v) is 8.36. The summed E-state index contributed by atoms with van der Waals surface area (Å²) in [6, 6.07) is 13.0. The van der Waals surface area contributed by atoms with Gasteiger partial charge in [-0.25, -0.2) is 4.98 Å². The van der Waals surface area contributed by atoms with E-state index in [9.17, 15) is 9.59 Å². The fourth-order valence-corrected chi connectivity index (χ4v) is 4.52. The fraction of sp³-hybridized carbons (Fsp3) is 0.227. The quantitative estimate of drug-likeness (QED) is 0.661. The Morgan fingerprint density at radius 2 is 2.03 bits per heavy atom. The van der Waals surface area contributed by atoms with Crippen LogP contribution in [-0.2, 0) is 16.6 Å². The lowest BCUT2D eigenvalue weighted by atomic mass is 10.1. The van der Waals surface area contributed by atoms with Gasteiger partial charge in [0.05, 0.1) is 11.6 Å². The molecular weight excluding hydrogens is 416 g/mol. The topological polar surface area (TPSA) is 85.7 Å². The average molecular weight is 436 g/mol. The monoisotopic (exact) mass is 436 g/mol. The van der Waals surface area contributed by atoms with Crippen molar-refractivity contribution in [3.05, 3.63) is 54.9 Å². The Hall–Kier alpha value is -3.46. The second kappa shape index (κ2) is 7.99. The first-order valence-corrected chi connectivity index (χ1v) is 10.7. The SMILES string of the molecule is Cn1ccnc1Sc1ccccc1NC(=O)C1CC(=O)N(c2ccc3c(c2)OCO3)C1. The predicted octanol–water partition coefficient (Wildman–Crippen LogP) is 3.29. The molecule has 2 aliphatic heterocycles. The molecule has 5 rings (SSSR count). The van der Waals surface area contributed by atoms with Gasteiger partial charge in [0, 0.05) is 49.1 Å². The van der Waals surface area contributed by atoms with Crippen molar-refractivity contribution in [1.29, 1.82) is 0 Å². The molecule has 1 N–H and O–H groups in total. The van der Waals surface area contributed by atoms with E-state index in [2.05, 4.69) is 10.3 Å². The number of anilines is 2. The molecule has 0 bridgehead atoms. The van der Waals surface area contributed by atoms with E-state index in [4.69, 9.17) is 9.47 Å². The van der Waals surface area contributed by atoms with Crippen LogP contribution in [0.5, 0.6) is 11.5 Å². The van der Waals surface area contributed by atoms with Crippen molar-refractivity contribution in [3.8, 4) is 11.5 Å². The number of carbonyl (C=O) groups excluding carboxylic acids is 2. The Kier molecular flexibility index (Phi) is 5.03. The molecule has 3 heterocycles. The minimum atomic E-state index is -0.441. The summed E-state index contributed by atoms with van der Waals surface area (Å²) < 4.78 is 12.6. The maximum atomic E-state index is 13.0. The van der Waals surface area contributed by atoms with Crippen LogP contribution in [0.4, 0.5) is 11.4 Å². The van der Waals surface area contributed by atoms with Gasteiger partial charge in [-0.3, -0.25) is 9.59 Å². The van der Waals surface area contributed by atoms with E-state index in [1.54, 1.807) is 23.2 Å². The van der Waals surface area contributed by atoms with Crippen molar-refractivity contribution >= 4 is 35.0 Å². The molecule has 0 saturated carbocycles. The van der Waals surface area contributed by atoms with Crippen LogP contribution in [0.1, 0.15) is 6.42 Å². The molecule has 0 spiro atoms. The van der Waals surface area contributed by atoms with Crippen molar-refractivity contribution < 1.29 is 19.1 Å². The van der Waals surface area contributed by atoms with E-state index in [0.717, 1.165) is 10.1 Å². The number of hydrogen-bond donors (Lipinski definition) is 1. The predicted molar refractivity (Wildman–Crippen MR) is 115 cm³/mol. The zero-order valence-electron chi connectivity index (χ0n) is 16.8. The number of para-hydroxylation sites is 1. The molecule has 0 radical (unpaired) electrons. The number of aromatic nitrogens is 2. The first-order valence-electron chi connectivity index (χ1n) is 9.83. The highest BCUT2D eigenvalue weighted by Crippen LogP contribution is 2.37. The summed E-state index contributed by atoms with van der Waals surface area (Å²) >= 11 is 1.48. The Balaban J connectivity index is 1.30. The van der Waals surface area contributed by atoms with Crippen molar-refractivity contribution in [2.45, 2.75) is 16.5 Å². The van der Waals surface area contributed by atoms with E-state index >= 15 is 0 Å². The summed E-state index contributed by atoms with van der Waals surface area (Å²) in [5.74, 6) is 0.563. The Morgan fingerprint density at radius 1 is 1.19 bits per heavy atom. The summed E-state index contributed by atoms with van der Waals surface area (Å²) in [6.07, 6.45) is 3.77. The number of amides is 2. The molecule has 2 aromatic carbocycles. The van der Waals surface area contributed by atoms with Crippen LogP contribution in [0, 0.1) is 5.92 Å². The number of benzene rings is 2. The van der Waals surface area contributed by atoms with Gasteiger partial charge in [0.2, 0.25) is 18.6 Å². The van der Waals surface area contributed by atoms with Crippen molar-refractivity contribution in [2.75, 3.05) is 23.6 Å². The molecule has 158 valence electrons. The zero-order valence-corrected chi connectivity index (χ0v) is 17.6. The number of aryl methyl sites for hydroxylation is 1. The lowest BCUT2D eigenvalue weighted by Gasteiger charge is -2.17. The normalized spacial score (nSPS) is 17.3. The summed E-state index contributed by atoms with van der Waals surface area (Å²) in [7, 11) is 1.92. The van der Waals surface area contributed by atoms with Crippen LogP contribution in [-0.4, -0.2) is 34.7 Å². The Labute approximate surface area is 183 Å². The number of nitrogens with one attached hydrogen (secondary N) is 1. The molecule has 0 aliphatic carbocycles. The number of hydrogen-bond acceptors (Lipinski definition) is 6. The lowest BCUT2D eigenvalue weighted by molar-refractivity contribution is -0.122. The smallest absolute Gasteiger partial charge is 0.231 e. The molecular formula is C22H20N4O4S. The number of carbonyl (C=O) groups is 2. The third kappa shape index (κ3) is 3.84. The van der Waals surface area contributed by atoms with Gasteiger partial charge < -0.3 is 24.3 Å². The third-order valence-corrected chi connectivity index (χ3v) is 6.44. The van der Waals surface area contributed by atoms with Crippen molar-refractivity contribution in [3.63, 3.8) is 0 Å². The summed E-state index contributed by atoms with van der Waals surface area (Å²) in [4.78, 5) is 32.4. The van der Waals surface area contributed by atoms with Gasteiger partial charge in [-0.2, -0.15) is 0 Å². The minimum Gasteiger partial charge on any atom is -0.454 e. The summed E-state index contributed by atoms with van der Waals surface area (Å²) in [6.45, 7) is 0.493. The van der Waals surface area contributed by atoms with Crippen LogP contribution >= 0.6 is 11.8 Å². The third-order valence-electron chi connectivity index (χ3n) is 5.29. The molecule has 1 fully saturated rings. The largest absolute Gasteiger partial charge is 0.454 e. The summed E-state index contributed by atoms with van der Waals surface area (Å²) in [5.41, 5.74) is 1.41. The molecule has 1 saturated heterocycles. The van der Waals surface area contributed by atoms with Crippen molar-refractivity contribution in [1.82, 2.24) is 9.55 Å².